The van der Waals surface area contributed by atoms with Crippen LogP contribution >= 0.6 is 0 Å². The molecule has 5 nitrogen and oxygen atoms in total. The molecule has 20 heavy (non-hydrogen) atoms. The fraction of sp³-hybridized carbons (Fsp3) is 0.467. The first-order chi connectivity index (χ1) is 9.83. The van der Waals surface area contributed by atoms with Crippen LogP contribution in [-0.2, 0) is 17.7 Å². The summed E-state index contributed by atoms with van der Waals surface area (Å²) in [6, 6.07) is 8.42. The van der Waals surface area contributed by atoms with E-state index in [1.165, 1.54) is 11.1 Å². The lowest BCUT2D eigenvalue weighted by atomic mass is 9.89. The second kappa shape index (κ2) is 6.15. The number of aliphatic hydroxyl groups excluding tert-OH is 1. The van der Waals surface area contributed by atoms with Gasteiger partial charge in [-0.2, -0.15) is 0 Å². The highest BCUT2D eigenvalue weighted by Gasteiger charge is 2.21. The third-order valence-corrected chi connectivity index (χ3v) is 3.69. The fourth-order valence-electron chi connectivity index (χ4n) is 2.72. The number of aliphatic hydroxyl groups is 1. The quantitative estimate of drug-likeness (QED) is 0.901. The van der Waals surface area contributed by atoms with Gasteiger partial charge in [0.05, 0.1) is 25.4 Å². The summed E-state index contributed by atoms with van der Waals surface area (Å²) in [5, 5.41) is 17.4. The summed E-state index contributed by atoms with van der Waals surface area (Å²) in [4.78, 5) is 0. The average Bonchev–Trinajstić information content (AvgIpc) is 2.98. The standard InChI is InChI=1S/C15H19N3O2/c19-13(8-18-10-16-17-11-18)9-20-15-7-3-5-12-4-1-2-6-14(12)15/h1-2,4,6,10-11,13,15,19H,3,5,7-9H2. The second-order valence-electron chi connectivity index (χ2n) is 5.23. The fourth-order valence-corrected chi connectivity index (χ4v) is 2.72. The van der Waals surface area contributed by atoms with Crippen molar-refractivity contribution >= 4 is 0 Å². The smallest absolute Gasteiger partial charge is 0.119 e. The molecule has 0 radical (unpaired) electrons. The first kappa shape index (κ1) is 13.3. The van der Waals surface area contributed by atoms with Crippen molar-refractivity contribution in [1.29, 1.82) is 0 Å². The van der Waals surface area contributed by atoms with Gasteiger partial charge in [-0.25, -0.2) is 0 Å². The van der Waals surface area contributed by atoms with Crippen LogP contribution in [-0.4, -0.2) is 32.6 Å². The van der Waals surface area contributed by atoms with Gasteiger partial charge in [-0.05, 0) is 30.4 Å². The van der Waals surface area contributed by atoms with E-state index >= 15 is 0 Å². The Morgan fingerprint density at radius 3 is 2.95 bits per heavy atom. The molecule has 0 bridgehead atoms. The van der Waals surface area contributed by atoms with Crippen molar-refractivity contribution in [2.75, 3.05) is 6.61 Å². The summed E-state index contributed by atoms with van der Waals surface area (Å²) < 4.78 is 7.67. The van der Waals surface area contributed by atoms with Gasteiger partial charge in [0.1, 0.15) is 12.7 Å². The summed E-state index contributed by atoms with van der Waals surface area (Å²) in [7, 11) is 0. The molecule has 0 saturated carbocycles. The predicted octanol–water partition coefficient (Wildman–Crippen LogP) is 1.73. The summed E-state index contributed by atoms with van der Waals surface area (Å²) >= 11 is 0. The van der Waals surface area contributed by atoms with Crippen LogP contribution in [0.1, 0.15) is 30.1 Å². The van der Waals surface area contributed by atoms with Crippen LogP contribution in [0.25, 0.3) is 0 Å². The van der Waals surface area contributed by atoms with Crippen molar-refractivity contribution in [1.82, 2.24) is 14.8 Å². The molecular weight excluding hydrogens is 254 g/mol. The van der Waals surface area contributed by atoms with Gasteiger partial charge in [-0.1, -0.05) is 24.3 Å². The highest BCUT2D eigenvalue weighted by atomic mass is 16.5. The number of aryl methyl sites for hydroxylation is 1. The molecule has 0 amide bonds. The van der Waals surface area contributed by atoms with Gasteiger partial charge < -0.3 is 14.4 Å². The minimum atomic E-state index is -0.542. The Morgan fingerprint density at radius 2 is 2.10 bits per heavy atom. The van der Waals surface area contributed by atoms with E-state index in [1.807, 2.05) is 6.07 Å². The third kappa shape index (κ3) is 3.05. The zero-order chi connectivity index (χ0) is 13.8. The molecule has 2 atom stereocenters. The minimum absolute atomic E-state index is 0.107. The lowest BCUT2D eigenvalue weighted by Gasteiger charge is -2.26. The monoisotopic (exact) mass is 273 g/mol. The maximum Gasteiger partial charge on any atom is 0.119 e. The topological polar surface area (TPSA) is 60.2 Å². The summed E-state index contributed by atoms with van der Waals surface area (Å²) in [5.74, 6) is 0. The van der Waals surface area contributed by atoms with Crippen molar-refractivity contribution in [2.24, 2.45) is 0 Å². The number of hydrogen-bond acceptors (Lipinski definition) is 4. The minimum Gasteiger partial charge on any atom is -0.389 e. The summed E-state index contributed by atoms with van der Waals surface area (Å²) in [5.41, 5.74) is 2.65. The molecule has 3 rings (SSSR count). The summed E-state index contributed by atoms with van der Waals surface area (Å²) in [6.45, 7) is 0.790. The SMILES string of the molecule is OC(COC1CCCc2ccccc21)Cn1cnnc1. The zero-order valence-electron chi connectivity index (χ0n) is 11.4. The molecule has 1 aromatic heterocycles. The maximum atomic E-state index is 10.00. The molecule has 1 aliphatic rings. The molecular formula is C15H19N3O2. The molecule has 0 saturated heterocycles. The van der Waals surface area contributed by atoms with Gasteiger partial charge >= 0.3 is 0 Å². The van der Waals surface area contributed by atoms with Gasteiger partial charge in [0.25, 0.3) is 0 Å². The van der Waals surface area contributed by atoms with E-state index in [0.29, 0.717) is 13.2 Å². The van der Waals surface area contributed by atoms with Crippen LogP contribution in [0.2, 0.25) is 0 Å². The van der Waals surface area contributed by atoms with E-state index in [4.69, 9.17) is 4.74 Å². The normalized spacial score (nSPS) is 19.6. The van der Waals surface area contributed by atoms with E-state index < -0.39 is 6.10 Å². The van der Waals surface area contributed by atoms with E-state index in [-0.39, 0.29) is 6.10 Å². The largest absolute Gasteiger partial charge is 0.389 e. The van der Waals surface area contributed by atoms with Crippen LogP contribution in [0.4, 0.5) is 0 Å². The number of hydrogen-bond donors (Lipinski definition) is 1. The third-order valence-electron chi connectivity index (χ3n) is 3.69. The van der Waals surface area contributed by atoms with Gasteiger partial charge in [0, 0.05) is 0 Å². The van der Waals surface area contributed by atoms with Crippen LogP contribution in [0.5, 0.6) is 0 Å². The predicted molar refractivity (Wildman–Crippen MR) is 74.1 cm³/mol. The molecule has 106 valence electrons. The molecule has 2 aromatic rings. The highest BCUT2D eigenvalue weighted by Crippen LogP contribution is 2.32. The Morgan fingerprint density at radius 1 is 1.30 bits per heavy atom. The van der Waals surface area contributed by atoms with Gasteiger partial charge in [-0.15, -0.1) is 10.2 Å². The van der Waals surface area contributed by atoms with E-state index in [9.17, 15) is 5.11 Å². The number of fused-ring (bicyclic) bond motifs is 1. The van der Waals surface area contributed by atoms with E-state index in [2.05, 4.69) is 28.4 Å². The zero-order valence-corrected chi connectivity index (χ0v) is 11.4. The van der Waals surface area contributed by atoms with Crippen molar-refractivity contribution in [3.8, 4) is 0 Å². The molecule has 1 aromatic carbocycles. The van der Waals surface area contributed by atoms with Gasteiger partial charge in [0.15, 0.2) is 0 Å². The first-order valence-electron chi connectivity index (χ1n) is 7.03. The van der Waals surface area contributed by atoms with Crippen molar-refractivity contribution < 1.29 is 9.84 Å². The number of rotatable bonds is 5. The summed E-state index contributed by atoms with van der Waals surface area (Å²) in [6.07, 6.45) is 6.05. The maximum absolute atomic E-state index is 10.00. The molecule has 5 heteroatoms. The average molecular weight is 273 g/mol. The molecule has 0 spiro atoms. The van der Waals surface area contributed by atoms with Crippen molar-refractivity contribution in [3.05, 3.63) is 48.0 Å². The molecule has 2 unspecified atom stereocenters. The molecule has 1 aliphatic carbocycles. The molecule has 1 N–H and O–H groups in total. The number of ether oxygens (including phenoxy) is 1. The Kier molecular flexibility index (Phi) is 4.08. The van der Waals surface area contributed by atoms with E-state index in [0.717, 1.165) is 19.3 Å². The molecule has 1 heterocycles. The Labute approximate surface area is 118 Å². The Balaban J connectivity index is 1.56. The molecule has 0 aliphatic heterocycles. The van der Waals surface area contributed by atoms with Gasteiger partial charge in [-0.3, -0.25) is 0 Å². The Bertz CT molecular complexity index is 542. The van der Waals surface area contributed by atoms with Crippen LogP contribution in [0.3, 0.4) is 0 Å². The van der Waals surface area contributed by atoms with Crippen molar-refractivity contribution in [2.45, 2.75) is 38.0 Å². The Hall–Kier alpha value is -1.72. The lowest BCUT2D eigenvalue weighted by Crippen LogP contribution is -2.24. The lowest BCUT2D eigenvalue weighted by molar-refractivity contribution is -0.0225. The van der Waals surface area contributed by atoms with Crippen LogP contribution in [0.15, 0.2) is 36.9 Å². The molecule has 0 fully saturated rings. The number of benzene rings is 1. The first-order valence-corrected chi connectivity index (χ1v) is 7.03. The van der Waals surface area contributed by atoms with Crippen molar-refractivity contribution in [3.63, 3.8) is 0 Å². The van der Waals surface area contributed by atoms with Crippen LogP contribution < -0.4 is 0 Å². The second-order valence-corrected chi connectivity index (χ2v) is 5.23. The van der Waals surface area contributed by atoms with E-state index in [1.54, 1.807) is 17.2 Å². The van der Waals surface area contributed by atoms with Gasteiger partial charge in [0.2, 0.25) is 0 Å². The van der Waals surface area contributed by atoms with Crippen LogP contribution in [0, 0.1) is 0 Å². The highest BCUT2D eigenvalue weighted by molar-refractivity contribution is 5.31. The number of aromatic nitrogens is 3. The number of nitrogens with zero attached hydrogens (tertiary/aromatic N) is 3.